The smallest absolute Gasteiger partial charge is 0.223 e. The third-order valence-electron chi connectivity index (χ3n) is 4.45. The zero-order valence-electron chi connectivity index (χ0n) is 15.3. The largest absolute Gasteiger partial charge is 0.339 e. The van der Waals surface area contributed by atoms with Crippen LogP contribution in [0.3, 0.4) is 0 Å². The highest BCUT2D eigenvalue weighted by Crippen LogP contribution is 2.31. The summed E-state index contributed by atoms with van der Waals surface area (Å²) in [5.41, 5.74) is 3.98. The molecule has 8 heteroatoms. The summed E-state index contributed by atoms with van der Waals surface area (Å²) in [4.78, 5) is 22.5. The summed E-state index contributed by atoms with van der Waals surface area (Å²) in [6.45, 7) is 4.29. The van der Waals surface area contributed by atoms with Crippen molar-refractivity contribution in [1.29, 1.82) is 0 Å². The van der Waals surface area contributed by atoms with Crippen molar-refractivity contribution in [2.75, 3.05) is 22.1 Å². The van der Waals surface area contributed by atoms with Gasteiger partial charge in [-0.2, -0.15) is 5.10 Å². The van der Waals surface area contributed by atoms with Gasteiger partial charge in [0.25, 0.3) is 0 Å². The number of H-pyrrole nitrogens is 1. The molecule has 1 amide bonds. The molecule has 0 aliphatic carbocycles. The summed E-state index contributed by atoms with van der Waals surface area (Å²) in [6.07, 6.45) is 5.27. The number of anilines is 5. The number of nitrogens with one attached hydrogen (secondary N) is 3. The quantitative estimate of drug-likeness (QED) is 0.658. The highest BCUT2D eigenvalue weighted by molar-refractivity contribution is 5.93. The van der Waals surface area contributed by atoms with Crippen LogP contribution in [-0.2, 0) is 11.2 Å². The molecule has 0 unspecified atom stereocenters. The molecule has 3 N–H and O–H groups in total. The number of hydrogen-bond acceptors (Lipinski definition) is 6. The van der Waals surface area contributed by atoms with Crippen molar-refractivity contribution in [3.05, 3.63) is 47.9 Å². The van der Waals surface area contributed by atoms with Gasteiger partial charge in [-0.1, -0.05) is 6.07 Å². The van der Waals surface area contributed by atoms with Crippen molar-refractivity contribution >= 4 is 34.7 Å². The first-order valence-corrected chi connectivity index (χ1v) is 8.87. The van der Waals surface area contributed by atoms with Crippen molar-refractivity contribution < 1.29 is 4.79 Å². The second-order valence-electron chi connectivity index (χ2n) is 6.59. The molecule has 2 aromatic heterocycles. The Morgan fingerprint density at radius 1 is 1.15 bits per heavy atom. The van der Waals surface area contributed by atoms with Crippen molar-refractivity contribution in [2.45, 2.75) is 26.7 Å². The fourth-order valence-corrected chi connectivity index (χ4v) is 3.23. The third-order valence-corrected chi connectivity index (χ3v) is 4.45. The molecule has 0 atom stereocenters. The molecule has 1 aliphatic rings. The number of nitrogens with zero attached hydrogens (tertiary/aromatic N) is 4. The van der Waals surface area contributed by atoms with Gasteiger partial charge in [0.2, 0.25) is 5.91 Å². The molecule has 0 saturated heterocycles. The van der Waals surface area contributed by atoms with Crippen LogP contribution in [0.5, 0.6) is 0 Å². The Labute approximate surface area is 157 Å². The van der Waals surface area contributed by atoms with Crippen molar-refractivity contribution in [2.24, 2.45) is 0 Å². The highest BCUT2D eigenvalue weighted by atomic mass is 16.2. The monoisotopic (exact) mass is 363 g/mol. The standard InChI is InChI=1S/C19H21N7O/c1-12-8-17(25-24-12)22-19-11-20-10-18(23-19)21-15-6-5-14-4-3-7-26(13(2)27)16(14)9-15/h5-6,8-11H,3-4,7H2,1-2H3,(H3,21,22,23,24,25). The predicted molar refractivity (Wildman–Crippen MR) is 105 cm³/mol. The molecule has 1 aliphatic heterocycles. The molecular formula is C19H21N7O. The maximum absolute atomic E-state index is 11.9. The summed E-state index contributed by atoms with van der Waals surface area (Å²) >= 11 is 0. The van der Waals surface area contributed by atoms with Gasteiger partial charge < -0.3 is 15.5 Å². The molecule has 0 bridgehead atoms. The van der Waals surface area contributed by atoms with E-state index in [9.17, 15) is 4.79 Å². The van der Waals surface area contributed by atoms with Gasteiger partial charge >= 0.3 is 0 Å². The molecule has 0 radical (unpaired) electrons. The second kappa shape index (κ2) is 7.06. The van der Waals surface area contributed by atoms with Crippen LogP contribution < -0.4 is 15.5 Å². The van der Waals surface area contributed by atoms with Crippen LogP contribution in [-0.4, -0.2) is 32.6 Å². The molecule has 3 heterocycles. The Balaban J connectivity index is 1.55. The average molecular weight is 363 g/mol. The first kappa shape index (κ1) is 17.0. The minimum absolute atomic E-state index is 0.0633. The van der Waals surface area contributed by atoms with Gasteiger partial charge in [-0.05, 0) is 37.5 Å². The zero-order valence-corrected chi connectivity index (χ0v) is 15.3. The first-order valence-electron chi connectivity index (χ1n) is 8.87. The SMILES string of the molecule is CC(=O)N1CCCc2ccc(Nc3cncc(Nc4cc(C)[nH]n4)n3)cc21. The minimum Gasteiger partial charge on any atom is -0.339 e. The lowest BCUT2D eigenvalue weighted by Gasteiger charge is -2.29. The Morgan fingerprint density at radius 3 is 2.70 bits per heavy atom. The lowest BCUT2D eigenvalue weighted by molar-refractivity contribution is -0.116. The van der Waals surface area contributed by atoms with E-state index in [1.807, 2.05) is 30.0 Å². The number of carbonyl (C=O) groups excluding carboxylic acids is 1. The number of aromatic nitrogens is 4. The molecule has 8 nitrogen and oxygen atoms in total. The van der Waals surface area contributed by atoms with Crippen molar-refractivity contribution in [1.82, 2.24) is 20.2 Å². The first-order chi connectivity index (χ1) is 13.1. The molecule has 138 valence electrons. The molecule has 0 fully saturated rings. The lowest BCUT2D eigenvalue weighted by Crippen LogP contribution is -2.33. The highest BCUT2D eigenvalue weighted by Gasteiger charge is 2.20. The van der Waals surface area contributed by atoms with Crippen molar-refractivity contribution in [3.63, 3.8) is 0 Å². The number of aryl methyl sites for hydroxylation is 2. The lowest BCUT2D eigenvalue weighted by atomic mass is 10.0. The molecular weight excluding hydrogens is 342 g/mol. The average Bonchev–Trinajstić information content (AvgIpc) is 3.06. The predicted octanol–water partition coefficient (Wildman–Crippen LogP) is 3.29. The normalized spacial score (nSPS) is 13.2. The summed E-state index contributed by atoms with van der Waals surface area (Å²) in [7, 11) is 0. The molecule has 0 spiro atoms. The summed E-state index contributed by atoms with van der Waals surface area (Å²) in [6, 6.07) is 7.95. The van der Waals surface area contributed by atoms with Gasteiger partial charge in [0.1, 0.15) is 0 Å². The van der Waals surface area contributed by atoms with Gasteiger partial charge in [-0.25, -0.2) is 4.98 Å². The maximum atomic E-state index is 11.9. The Bertz CT molecular complexity index is 982. The minimum atomic E-state index is 0.0633. The number of hydrogen-bond donors (Lipinski definition) is 3. The van der Waals surface area contributed by atoms with E-state index in [-0.39, 0.29) is 5.91 Å². The maximum Gasteiger partial charge on any atom is 0.223 e. The summed E-state index contributed by atoms with van der Waals surface area (Å²) in [5, 5.41) is 13.4. The number of aromatic amines is 1. The molecule has 27 heavy (non-hydrogen) atoms. The number of amides is 1. The van der Waals surface area contributed by atoms with Gasteiger partial charge in [0, 0.05) is 36.6 Å². The molecule has 3 aromatic rings. The van der Waals surface area contributed by atoms with Crippen LogP contribution in [0.2, 0.25) is 0 Å². The van der Waals surface area contributed by atoms with E-state index in [0.29, 0.717) is 17.5 Å². The van der Waals surface area contributed by atoms with Crippen LogP contribution in [0.4, 0.5) is 28.8 Å². The van der Waals surface area contributed by atoms with Crippen LogP contribution in [0.15, 0.2) is 36.7 Å². The Kier molecular flexibility index (Phi) is 4.45. The fraction of sp³-hybridized carbons (Fsp3) is 0.263. The van der Waals surface area contributed by atoms with Crippen molar-refractivity contribution in [3.8, 4) is 0 Å². The van der Waals surface area contributed by atoms with Crippen LogP contribution in [0, 0.1) is 6.92 Å². The van der Waals surface area contributed by atoms with Crippen LogP contribution >= 0.6 is 0 Å². The topological polar surface area (TPSA) is 98.8 Å². The van der Waals surface area contributed by atoms with Crippen LogP contribution in [0.25, 0.3) is 0 Å². The van der Waals surface area contributed by atoms with Gasteiger partial charge in [0.05, 0.1) is 12.4 Å². The van der Waals surface area contributed by atoms with E-state index in [2.05, 4.69) is 36.9 Å². The number of benzene rings is 1. The fourth-order valence-electron chi connectivity index (χ4n) is 3.23. The molecule has 4 rings (SSSR count). The molecule has 0 saturated carbocycles. The molecule has 1 aromatic carbocycles. The van der Waals surface area contributed by atoms with Gasteiger partial charge in [0.15, 0.2) is 17.5 Å². The van der Waals surface area contributed by atoms with E-state index in [1.165, 1.54) is 5.56 Å². The van der Waals surface area contributed by atoms with E-state index >= 15 is 0 Å². The van der Waals surface area contributed by atoms with E-state index in [1.54, 1.807) is 19.3 Å². The van der Waals surface area contributed by atoms with E-state index in [0.717, 1.165) is 36.5 Å². The van der Waals surface area contributed by atoms with Crippen LogP contribution in [0.1, 0.15) is 24.6 Å². The Hall–Kier alpha value is -3.42. The summed E-state index contributed by atoms with van der Waals surface area (Å²) in [5.74, 6) is 1.95. The Morgan fingerprint density at radius 2 is 1.96 bits per heavy atom. The summed E-state index contributed by atoms with van der Waals surface area (Å²) < 4.78 is 0. The number of carbonyl (C=O) groups is 1. The van der Waals surface area contributed by atoms with Gasteiger partial charge in [-0.15, -0.1) is 0 Å². The number of rotatable bonds is 4. The number of fused-ring (bicyclic) bond motifs is 1. The second-order valence-corrected chi connectivity index (χ2v) is 6.59. The zero-order chi connectivity index (χ0) is 18.8. The van der Waals surface area contributed by atoms with E-state index < -0.39 is 0 Å². The van der Waals surface area contributed by atoms with E-state index in [4.69, 9.17) is 0 Å². The van der Waals surface area contributed by atoms with Gasteiger partial charge in [-0.3, -0.25) is 14.9 Å². The third kappa shape index (κ3) is 3.74.